The summed E-state index contributed by atoms with van der Waals surface area (Å²) in [4.78, 5) is 24.3. The Morgan fingerprint density at radius 3 is 2.69 bits per heavy atom. The molecule has 7 heteroatoms. The van der Waals surface area contributed by atoms with Gasteiger partial charge < -0.3 is 14.0 Å². The van der Waals surface area contributed by atoms with Crippen molar-refractivity contribution in [3.63, 3.8) is 0 Å². The lowest BCUT2D eigenvalue weighted by Crippen LogP contribution is -2.30. The summed E-state index contributed by atoms with van der Waals surface area (Å²) in [5, 5.41) is 0.346. The number of fused-ring (bicyclic) bond motifs is 3. The summed E-state index contributed by atoms with van der Waals surface area (Å²) in [5.41, 5.74) is 0.581. The third kappa shape index (κ3) is 4.09. The van der Waals surface area contributed by atoms with Gasteiger partial charge in [0.15, 0.2) is 11.6 Å². The van der Waals surface area contributed by atoms with E-state index in [1.165, 1.54) is 13.1 Å². The first-order valence-corrected chi connectivity index (χ1v) is 10.0. The Bertz CT molecular complexity index is 999. The van der Waals surface area contributed by atoms with Crippen LogP contribution in [0, 0.1) is 11.7 Å². The maximum atomic E-state index is 15.2. The molecule has 2 heterocycles. The Labute approximate surface area is 174 Å². The SMILES string of the molecule is COCCCOc1cc2c(cc1Cl)-c1c(F)c(=O)c(C(C)=O)cn1C(C(C)C)C2. The van der Waals surface area contributed by atoms with Crippen LogP contribution in [0.15, 0.2) is 23.1 Å². The summed E-state index contributed by atoms with van der Waals surface area (Å²) in [7, 11) is 1.63. The molecule has 1 aliphatic rings. The van der Waals surface area contributed by atoms with E-state index in [-0.39, 0.29) is 23.2 Å². The fraction of sp³-hybridized carbons (Fsp3) is 0.455. The largest absolute Gasteiger partial charge is 0.492 e. The van der Waals surface area contributed by atoms with E-state index in [1.807, 2.05) is 19.9 Å². The summed E-state index contributed by atoms with van der Waals surface area (Å²) >= 11 is 6.39. The molecule has 29 heavy (non-hydrogen) atoms. The van der Waals surface area contributed by atoms with Gasteiger partial charge in [0, 0.05) is 37.9 Å². The van der Waals surface area contributed by atoms with E-state index >= 15 is 4.39 Å². The minimum Gasteiger partial charge on any atom is -0.492 e. The minimum atomic E-state index is -0.922. The van der Waals surface area contributed by atoms with Crippen molar-refractivity contribution in [2.24, 2.45) is 5.92 Å². The predicted molar refractivity (Wildman–Crippen MR) is 111 cm³/mol. The number of ether oxygens (including phenoxy) is 2. The third-order valence-electron chi connectivity index (χ3n) is 5.28. The molecule has 0 aliphatic carbocycles. The molecule has 1 aromatic carbocycles. The van der Waals surface area contributed by atoms with E-state index in [9.17, 15) is 9.59 Å². The summed E-state index contributed by atoms with van der Waals surface area (Å²) in [6.45, 7) is 6.36. The van der Waals surface area contributed by atoms with Gasteiger partial charge in [-0.3, -0.25) is 9.59 Å². The molecule has 0 spiro atoms. The van der Waals surface area contributed by atoms with Crippen molar-refractivity contribution < 1.29 is 18.7 Å². The number of rotatable bonds is 7. The molecule has 156 valence electrons. The van der Waals surface area contributed by atoms with Crippen LogP contribution in [-0.4, -0.2) is 30.7 Å². The zero-order chi connectivity index (χ0) is 21.3. The van der Waals surface area contributed by atoms with E-state index in [0.717, 1.165) is 12.0 Å². The van der Waals surface area contributed by atoms with E-state index in [1.54, 1.807) is 17.7 Å². The highest BCUT2D eigenvalue weighted by molar-refractivity contribution is 6.32. The Kier molecular flexibility index (Phi) is 6.44. The number of aromatic nitrogens is 1. The predicted octanol–water partition coefficient (Wildman–Crippen LogP) is 4.68. The van der Waals surface area contributed by atoms with Gasteiger partial charge >= 0.3 is 0 Å². The number of carbonyl (C=O) groups is 1. The lowest BCUT2D eigenvalue weighted by Gasteiger charge is -2.34. The average molecular weight is 422 g/mol. The van der Waals surface area contributed by atoms with Crippen molar-refractivity contribution in [2.75, 3.05) is 20.3 Å². The quantitative estimate of drug-likeness (QED) is 0.481. The van der Waals surface area contributed by atoms with Crippen molar-refractivity contribution in [3.05, 3.63) is 50.5 Å². The zero-order valence-electron chi connectivity index (χ0n) is 17.1. The fourth-order valence-electron chi connectivity index (χ4n) is 3.73. The Balaban J connectivity index is 2.14. The Morgan fingerprint density at radius 1 is 1.34 bits per heavy atom. The fourth-order valence-corrected chi connectivity index (χ4v) is 3.95. The molecule has 3 rings (SSSR count). The number of Topliss-reactive ketones (excluding diaryl/α,β-unsaturated/α-hetero) is 1. The van der Waals surface area contributed by atoms with Gasteiger partial charge in [0.2, 0.25) is 5.43 Å². The summed E-state index contributed by atoms with van der Waals surface area (Å²) < 4.78 is 27.7. The van der Waals surface area contributed by atoms with Crippen LogP contribution < -0.4 is 10.2 Å². The lowest BCUT2D eigenvalue weighted by atomic mass is 9.87. The van der Waals surface area contributed by atoms with Crippen molar-refractivity contribution >= 4 is 17.4 Å². The molecule has 0 fully saturated rings. The second-order valence-corrected chi connectivity index (χ2v) is 8.06. The normalized spacial score (nSPS) is 15.2. The number of hydrogen-bond acceptors (Lipinski definition) is 4. The molecule has 0 radical (unpaired) electrons. The number of ketones is 1. The van der Waals surface area contributed by atoms with E-state index in [2.05, 4.69) is 0 Å². The smallest absolute Gasteiger partial charge is 0.228 e. The molecule has 1 aromatic heterocycles. The molecule has 0 saturated heterocycles. The minimum absolute atomic E-state index is 0.104. The molecular formula is C22H25ClFNO4. The monoisotopic (exact) mass is 421 g/mol. The molecule has 0 N–H and O–H groups in total. The van der Waals surface area contributed by atoms with Crippen LogP contribution in [0.4, 0.5) is 4.39 Å². The summed E-state index contributed by atoms with van der Waals surface area (Å²) in [6.07, 6.45) is 2.82. The zero-order valence-corrected chi connectivity index (χ0v) is 17.8. The molecule has 1 unspecified atom stereocenters. The van der Waals surface area contributed by atoms with E-state index < -0.39 is 17.0 Å². The van der Waals surface area contributed by atoms with Crippen LogP contribution in [-0.2, 0) is 11.2 Å². The summed E-state index contributed by atoms with van der Waals surface area (Å²) in [6, 6.07) is 3.36. The first-order chi connectivity index (χ1) is 13.8. The van der Waals surface area contributed by atoms with Gasteiger partial charge in [-0.25, -0.2) is 4.39 Å². The van der Waals surface area contributed by atoms with Gasteiger partial charge in [-0.15, -0.1) is 0 Å². The maximum Gasteiger partial charge on any atom is 0.228 e. The number of methoxy groups -OCH3 is 1. The first kappa shape index (κ1) is 21.5. The molecular weight excluding hydrogens is 397 g/mol. The second-order valence-electron chi connectivity index (χ2n) is 7.65. The third-order valence-corrected chi connectivity index (χ3v) is 5.57. The molecule has 0 saturated carbocycles. The van der Waals surface area contributed by atoms with Crippen molar-refractivity contribution in [3.8, 4) is 17.0 Å². The van der Waals surface area contributed by atoms with E-state index in [0.29, 0.717) is 36.0 Å². The molecule has 1 atom stereocenters. The molecule has 0 amide bonds. The van der Waals surface area contributed by atoms with Gasteiger partial charge in [-0.1, -0.05) is 25.4 Å². The van der Waals surface area contributed by atoms with Crippen molar-refractivity contribution in [1.29, 1.82) is 0 Å². The van der Waals surface area contributed by atoms with Crippen LogP contribution in [0.1, 0.15) is 49.2 Å². The molecule has 1 aliphatic heterocycles. The summed E-state index contributed by atoms with van der Waals surface area (Å²) in [5.74, 6) is -0.685. The Morgan fingerprint density at radius 2 is 2.07 bits per heavy atom. The number of pyridine rings is 1. The molecule has 0 bridgehead atoms. The number of benzene rings is 1. The Hall–Kier alpha value is -2.18. The highest BCUT2D eigenvalue weighted by Crippen LogP contribution is 2.42. The first-order valence-electron chi connectivity index (χ1n) is 9.66. The van der Waals surface area contributed by atoms with Crippen LogP contribution in [0.3, 0.4) is 0 Å². The second kappa shape index (κ2) is 8.67. The number of carbonyl (C=O) groups excluding carboxylic acids is 1. The van der Waals surface area contributed by atoms with Crippen LogP contribution in [0.25, 0.3) is 11.3 Å². The standard InChI is InChI=1S/C22H25ClFNO4/c1-12(2)18-8-14-9-19(29-7-5-6-28-4)17(23)10-15(14)21-20(24)22(27)16(13(3)26)11-25(18)21/h9-12,18H,5-8H2,1-4H3. The average Bonchev–Trinajstić information content (AvgIpc) is 2.67. The van der Waals surface area contributed by atoms with Crippen molar-refractivity contribution in [1.82, 2.24) is 4.57 Å². The van der Waals surface area contributed by atoms with E-state index in [4.69, 9.17) is 21.1 Å². The van der Waals surface area contributed by atoms with Crippen LogP contribution >= 0.6 is 11.6 Å². The number of nitrogens with zero attached hydrogens (tertiary/aromatic N) is 1. The van der Waals surface area contributed by atoms with Crippen LogP contribution in [0.2, 0.25) is 5.02 Å². The number of hydrogen-bond donors (Lipinski definition) is 0. The number of halogens is 2. The topological polar surface area (TPSA) is 57.5 Å². The van der Waals surface area contributed by atoms with Gasteiger partial charge in [0.1, 0.15) is 5.75 Å². The van der Waals surface area contributed by atoms with Gasteiger partial charge in [0.25, 0.3) is 0 Å². The molecule has 5 nitrogen and oxygen atoms in total. The lowest BCUT2D eigenvalue weighted by molar-refractivity contribution is 0.101. The van der Waals surface area contributed by atoms with Crippen molar-refractivity contribution in [2.45, 2.75) is 39.7 Å². The highest BCUT2D eigenvalue weighted by atomic mass is 35.5. The maximum absolute atomic E-state index is 15.2. The van der Waals surface area contributed by atoms with Gasteiger partial charge in [-0.05, 0) is 37.0 Å². The van der Waals surface area contributed by atoms with Crippen LogP contribution in [0.5, 0.6) is 5.75 Å². The molecule has 2 aromatic rings. The highest BCUT2D eigenvalue weighted by Gasteiger charge is 2.31. The van der Waals surface area contributed by atoms with Gasteiger partial charge in [-0.2, -0.15) is 0 Å². The van der Waals surface area contributed by atoms with Gasteiger partial charge in [0.05, 0.1) is 22.9 Å².